The van der Waals surface area contributed by atoms with Gasteiger partial charge < -0.3 is 10.2 Å². The van der Waals surface area contributed by atoms with Crippen LogP contribution in [0.15, 0.2) is 48.5 Å². The van der Waals surface area contributed by atoms with Gasteiger partial charge in [-0.1, -0.05) is 54.9 Å². The van der Waals surface area contributed by atoms with Gasteiger partial charge in [0.25, 0.3) is 0 Å². The molecule has 1 aliphatic rings. The van der Waals surface area contributed by atoms with Crippen molar-refractivity contribution in [1.82, 2.24) is 5.32 Å². The van der Waals surface area contributed by atoms with Gasteiger partial charge in [-0.2, -0.15) is 0 Å². The number of amides is 2. The molecule has 2 aromatic carbocycles. The summed E-state index contributed by atoms with van der Waals surface area (Å²) in [5.41, 5.74) is 2.99. The first kappa shape index (κ1) is 17.5. The molecule has 1 saturated heterocycles. The van der Waals surface area contributed by atoms with Crippen LogP contribution in [-0.2, 0) is 22.6 Å². The van der Waals surface area contributed by atoms with Crippen LogP contribution < -0.4 is 10.2 Å². The quantitative estimate of drug-likeness (QED) is 0.890. The highest BCUT2D eigenvalue weighted by atomic mass is 35.5. The monoisotopic (exact) mass is 356 g/mol. The van der Waals surface area contributed by atoms with Crippen molar-refractivity contribution in [2.24, 2.45) is 5.92 Å². The number of carbonyl (C=O) groups is 2. The van der Waals surface area contributed by atoms with Crippen molar-refractivity contribution in [3.8, 4) is 0 Å². The zero-order chi connectivity index (χ0) is 17.8. The molecule has 1 fully saturated rings. The molecule has 0 spiro atoms. The predicted octanol–water partition coefficient (Wildman–Crippen LogP) is 3.57. The average Bonchev–Trinajstić information content (AvgIpc) is 3.02. The molecule has 1 atom stereocenters. The summed E-state index contributed by atoms with van der Waals surface area (Å²) >= 11 is 6.17. The zero-order valence-electron chi connectivity index (χ0n) is 14.2. The number of halogens is 1. The van der Waals surface area contributed by atoms with E-state index in [2.05, 4.69) is 24.4 Å². The maximum atomic E-state index is 12.4. The van der Waals surface area contributed by atoms with E-state index in [-0.39, 0.29) is 24.2 Å². The molecule has 1 N–H and O–H groups in total. The van der Waals surface area contributed by atoms with E-state index in [0.29, 0.717) is 23.8 Å². The maximum Gasteiger partial charge on any atom is 0.227 e. The van der Waals surface area contributed by atoms with Gasteiger partial charge in [0.05, 0.1) is 16.6 Å². The van der Waals surface area contributed by atoms with E-state index in [0.717, 1.165) is 12.0 Å². The van der Waals surface area contributed by atoms with Crippen molar-refractivity contribution in [3.05, 3.63) is 64.7 Å². The average molecular weight is 357 g/mol. The molecule has 5 heteroatoms. The Morgan fingerprint density at radius 3 is 2.52 bits per heavy atom. The molecule has 25 heavy (non-hydrogen) atoms. The van der Waals surface area contributed by atoms with Crippen LogP contribution in [0.4, 0.5) is 5.69 Å². The van der Waals surface area contributed by atoms with Gasteiger partial charge in [0.15, 0.2) is 0 Å². The lowest BCUT2D eigenvalue weighted by Crippen LogP contribution is -2.32. The number of para-hydroxylation sites is 1. The number of rotatable bonds is 5. The lowest BCUT2D eigenvalue weighted by atomic mass is 10.1. The molecule has 0 bridgehead atoms. The molecule has 3 rings (SSSR count). The minimum Gasteiger partial charge on any atom is -0.352 e. The molecule has 1 heterocycles. The van der Waals surface area contributed by atoms with Gasteiger partial charge in [0, 0.05) is 19.5 Å². The van der Waals surface area contributed by atoms with Gasteiger partial charge in [-0.05, 0) is 29.7 Å². The first-order chi connectivity index (χ1) is 12.1. The summed E-state index contributed by atoms with van der Waals surface area (Å²) in [6.07, 6.45) is 1.21. The molecule has 1 aliphatic heterocycles. The standard InChI is InChI=1S/C20H21ClN2O2/c1-2-14-7-9-15(10-8-14)12-22-20(25)16-11-19(24)23(13-16)18-6-4-3-5-17(18)21/h3-10,16H,2,11-13H2,1H3,(H,22,25)/t16-/m1/s1. The number of nitrogens with one attached hydrogen (secondary N) is 1. The summed E-state index contributed by atoms with van der Waals surface area (Å²) < 4.78 is 0. The lowest BCUT2D eigenvalue weighted by molar-refractivity contribution is -0.126. The predicted molar refractivity (Wildman–Crippen MR) is 99.6 cm³/mol. The maximum absolute atomic E-state index is 12.4. The third-order valence-corrected chi connectivity index (χ3v) is 4.86. The van der Waals surface area contributed by atoms with E-state index >= 15 is 0 Å². The fourth-order valence-electron chi connectivity index (χ4n) is 3.01. The third kappa shape index (κ3) is 4.02. The largest absolute Gasteiger partial charge is 0.352 e. The fraction of sp³-hybridized carbons (Fsp3) is 0.300. The van der Waals surface area contributed by atoms with Crippen molar-refractivity contribution < 1.29 is 9.59 Å². The number of anilines is 1. The molecule has 2 amide bonds. The number of hydrogen-bond acceptors (Lipinski definition) is 2. The molecule has 0 saturated carbocycles. The summed E-state index contributed by atoms with van der Waals surface area (Å²) in [7, 11) is 0. The highest BCUT2D eigenvalue weighted by Crippen LogP contribution is 2.31. The van der Waals surface area contributed by atoms with Crippen molar-refractivity contribution >= 4 is 29.1 Å². The molecule has 2 aromatic rings. The minimum atomic E-state index is -0.348. The molecular formula is C20H21ClN2O2. The van der Waals surface area contributed by atoms with E-state index < -0.39 is 0 Å². The number of carbonyl (C=O) groups excluding carboxylic acids is 2. The van der Waals surface area contributed by atoms with E-state index in [1.807, 2.05) is 24.3 Å². The minimum absolute atomic E-state index is 0.0689. The smallest absolute Gasteiger partial charge is 0.227 e. The van der Waals surface area contributed by atoms with Gasteiger partial charge >= 0.3 is 0 Å². The third-order valence-electron chi connectivity index (χ3n) is 4.54. The summed E-state index contributed by atoms with van der Waals surface area (Å²) in [5, 5.41) is 3.46. The van der Waals surface area contributed by atoms with E-state index in [1.54, 1.807) is 17.0 Å². The molecular weight excluding hydrogens is 336 g/mol. The van der Waals surface area contributed by atoms with Crippen LogP contribution in [-0.4, -0.2) is 18.4 Å². The first-order valence-electron chi connectivity index (χ1n) is 8.49. The van der Waals surface area contributed by atoms with Crippen LogP contribution in [0, 0.1) is 5.92 Å². The Morgan fingerprint density at radius 1 is 1.16 bits per heavy atom. The van der Waals surface area contributed by atoms with E-state index in [9.17, 15) is 9.59 Å². The second-order valence-electron chi connectivity index (χ2n) is 6.24. The van der Waals surface area contributed by atoms with E-state index in [4.69, 9.17) is 11.6 Å². The van der Waals surface area contributed by atoms with Gasteiger partial charge in [-0.15, -0.1) is 0 Å². The van der Waals surface area contributed by atoms with Crippen LogP contribution in [0.3, 0.4) is 0 Å². The Bertz CT molecular complexity index is 774. The van der Waals surface area contributed by atoms with Crippen molar-refractivity contribution in [2.45, 2.75) is 26.3 Å². The Morgan fingerprint density at radius 2 is 1.84 bits per heavy atom. The lowest BCUT2D eigenvalue weighted by Gasteiger charge is -2.18. The number of hydrogen-bond donors (Lipinski definition) is 1. The van der Waals surface area contributed by atoms with Crippen LogP contribution in [0.5, 0.6) is 0 Å². The summed E-state index contributed by atoms with van der Waals surface area (Å²) in [5.74, 6) is -0.512. The van der Waals surface area contributed by atoms with Crippen molar-refractivity contribution in [3.63, 3.8) is 0 Å². The number of aryl methyl sites for hydroxylation is 1. The second-order valence-corrected chi connectivity index (χ2v) is 6.65. The van der Waals surface area contributed by atoms with Gasteiger partial charge in [-0.3, -0.25) is 9.59 Å². The number of nitrogens with zero attached hydrogens (tertiary/aromatic N) is 1. The van der Waals surface area contributed by atoms with Gasteiger partial charge in [0.1, 0.15) is 0 Å². The fourth-order valence-corrected chi connectivity index (χ4v) is 3.25. The molecule has 0 aromatic heterocycles. The highest BCUT2D eigenvalue weighted by molar-refractivity contribution is 6.33. The molecule has 0 aliphatic carbocycles. The van der Waals surface area contributed by atoms with Crippen molar-refractivity contribution in [2.75, 3.05) is 11.4 Å². The molecule has 0 unspecified atom stereocenters. The van der Waals surface area contributed by atoms with Crippen LogP contribution >= 0.6 is 11.6 Å². The Kier molecular flexibility index (Phi) is 5.39. The number of benzene rings is 2. The summed E-state index contributed by atoms with van der Waals surface area (Å²) in [4.78, 5) is 26.3. The highest BCUT2D eigenvalue weighted by Gasteiger charge is 2.35. The summed E-state index contributed by atoms with van der Waals surface area (Å²) in [6.45, 7) is 2.95. The van der Waals surface area contributed by atoms with Crippen molar-refractivity contribution in [1.29, 1.82) is 0 Å². The molecule has 0 radical (unpaired) electrons. The zero-order valence-corrected chi connectivity index (χ0v) is 14.9. The molecule has 4 nitrogen and oxygen atoms in total. The van der Waals surface area contributed by atoms with Gasteiger partial charge in [-0.25, -0.2) is 0 Å². The summed E-state index contributed by atoms with van der Waals surface area (Å²) in [6, 6.07) is 15.4. The Balaban J connectivity index is 1.60. The normalized spacial score (nSPS) is 17.0. The van der Waals surface area contributed by atoms with Crippen LogP contribution in [0.1, 0.15) is 24.5 Å². The van der Waals surface area contributed by atoms with Crippen LogP contribution in [0.25, 0.3) is 0 Å². The SMILES string of the molecule is CCc1ccc(CNC(=O)[C@@H]2CC(=O)N(c3ccccc3Cl)C2)cc1. The van der Waals surface area contributed by atoms with Gasteiger partial charge in [0.2, 0.25) is 11.8 Å². The first-order valence-corrected chi connectivity index (χ1v) is 8.86. The topological polar surface area (TPSA) is 49.4 Å². The second kappa shape index (κ2) is 7.70. The Labute approximate surface area is 152 Å². The van der Waals surface area contributed by atoms with Crippen LogP contribution in [0.2, 0.25) is 5.02 Å². The molecule has 130 valence electrons. The van der Waals surface area contributed by atoms with E-state index in [1.165, 1.54) is 5.56 Å². The Hall–Kier alpha value is -2.33.